The quantitative estimate of drug-likeness (QED) is 0.831. The lowest BCUT2D eigenvalue weighted by Crippen LogP contribution is -2.46. The van der Waals surface area contributed by atoms with E-state index in [0.717, 1.165) is 26.1 Å². The molecule has 2 rings (SSSR count). The first kappa shape index (κ1) is 11.6. The zero-order chi connectivity index (χ0) is 11.6. The molecule has 1 N–H and O–H groups in total. The average Bonchev–Trinajstić information content (AvgIpc) is 2.85. The third-order valence-electron chi connectivity index (χ3n) is 3.38. The highest BCUT2D eigenvalue weighted by Crippen LogP contribution is 2.26. The highest BCUT2D eigenvalue weighted by atomic mass is 16.3. The van der Waals surface area contributed by atoms with Crippen LogP contribution >= 0.6 is 0 Å². The van der Waals surface area contributed by atoms with Crippen LogP contribution in [0.5, 0.6) is 0 Å². The van der Waals surface area contributed by atoms with Crippen molar-refractivity contribution in [1.82, 2.24) is 14.5 Å². The van der Waals surface area contributed by atoms with Gasteiger partial charge < -0.3 is 9.67 Å². The first-order valence-corrected chi connectivity index (χ1v) is 5.99. The number of aromatic nitrogens is 2. The predicted octanol–water partition coefficient (Wildman–Crippen LogP) is 1.12. The fourth-order valence-corrected chi connectivity index (χ4v) is 2.56. The molecule has 0 spiro atoms. The van der Waals surface area contributed by atoms with Crippen LogP contribution in [0.25, 0.3) is 0 Å². The predicted molar refractivity (Wildman–Crippen MR) is 63.1 cm³/mol. The van der Waals surface area contributed by atoms with Crippen molar-refractivity contribution in [2.45, 2.75) is 44.9 Å². The van der Waals surface area contributed by atoms with Crippen LogP contribution in [0.4, 0.5) is 0 Å². The van der Waals surface area contributed by atoms with Gasteiger partial charge in [0.1, 0.15) is 0 Å². The lowest BCUT2D eigenvalue weighted by Gasteiger charge is -2.33. The van der Waals surface area contributed by atoms with Gasteiger partial charge in [-0.15, -0.1) is 0 Å². The van der Waals surface area contributed by atoms with Gasteiger partial charge in [-0.25, -0.2) is 4.98 Å². The third kappa shape index (κ3) is 2.62. The van der Waals surface area contributed by atoms with E-state index >= 15 is 0 Å². The zero-order valence-electron chi connectivity index (χ0n) is 10.1. The summed E-state index contributed by atoms with van der Waals surface area (Å²) in [6.07, 6.45) is 7.92. The van der Waals surface area contributed by atoms with Crippen molar-refractivity contribution in [3.05, 3.63) is 18.7 Å². The van der Waals surface area contributed by atoms with Gasteiger partial charge in [-0.1, -0.05) is 0 Å². The molecule has 0 radical (unpaired) electrons. The average molecular weight is 223 g/mol. The largest absolute Gasteiger partial charge is 0.389 e. The summed E-state index contributed by atoms with van der Waals surface area (Å²) in [5.41, 5.74) is -0.592. The minimum absolute atomic E-state index is 0.302. The molecule has 1 atom stereocenters. The number of aliphatic hydroxyl groups is 1. The van der Waals surface area contributed by atoms with Gasteiger partial charge in [0.2, 0.25) is 0 Å². The van der Waals surface area contributed by atoms with Gasteiger partial charge in [0.25, 0.3) is 0 Å². The van der Waals surface area contributed by atoms with E-state index in [1.54, 1.807) is 6.20 Å². The minimum Gasteiger partial charge on any atom is -0.389 e. The molecule has 1 saturated heterocycles. The fourth-order valence-electron chi connectivity index (χ4n) is 2.56. The molecular weight excluding hydrogens is 202 g/mol. The van der Waals surface area contributed by atoms with Crippen LogP contribution in [0, 0.1) is 0 Å². The molecule has 4 heteroatoms. The highest BCUT2D eigenvalue weighted by molar-refractivity contribution is 4.90. The molecule has 1 fully saturated rings. The Morgan fingerprint density at radius 1 is 1.44 bits per heavy atom. The lowest BCUT2D eigenvalue weighted by molar-refractivity contribution is -0.00325. The summed E-state index contributed by atoms with van der Waals surface area (Å²) >= 11 is 0. The maximum atomic E-state index is 10.1. The van der Waals surface area contributed by atoms with Gasteiger partial charge in [-0.2, -0.15) is 0 Å². The summed E-state index contributed by atoms with van der Waals surface area (Å²) in [7, 11) is 0. The Balaban J connectivity index is 1.89. The Hall–Kier alpha value is -0.870. The summed E-state index contributed by atoms with van der Waals surface area (Å²) < 4.78 is 2.08. The Morgan fingerprint density at radius 2 is 2.25 bits per heavy atom. The highest BCUT2D eigenvalue weighted by Gasteiger charge is 2.35. The normalized spacial score (nSPS) is 22.8. The molecule has 0 bridgehead atoms. The number of likely N-dealkylation sites (tertiary alicyclic amines) is 1. The van der Waals surface area contributed by atoms with Crippen LogP contribution in [0.3, 0.4) is 0 Å². The second-order valence-electron chi connectivity index (χ2n) is 5.15. The second-order valence-corrected chi connectivity index (χ2v) is 5.15. The van der Waals surface area contributed by atoms with Gasteiger partial charge in [-0.05, 0) is 33.2 Å². The van der Waals surface area contributed by atoms with Crippen molar-refractivity contribution >= 4 is 0 Å². The summed E-state index contributed by atoms with van der Waals surface area (Å²) in [6, 6.07) is 0.302. The van der Waals surface area contributed by atoms with Gasteiger partial charge in [-0.3, -0.25) is 4.90 Å². The molecule has 0 aromatic carbocycles. The SMILES string of the molecule is CC(C)(O)C1CCCN1CCn1ccnc1. The summed E-state index contributed by atoms with van der Waals surface area (Å²) in [5.74, 6) is 0. The fraction of sp³-hybridized carbons (Fsp3) is 0.750. The van der Waals surface area contributed by atoms with E-state index in [0.29, 0.717) is 6.04 Å². The van der Waals surface area contributed by atoms with Crippen molar-refractivity contribution in [2.75, 3.05) is 13.1 Å². The Kier molecular flexibility index (Phi) is 3.30. The minimum atomic E-state index is -0.592. The van der Waals surface area contributed by atoms with Crippen LogP contribution in [0.1, 0.15) is 26.7 Å². The van der Waals surface area contributed by atoms with E-state index in [1.807, 2.05) is 26.4 Å². The van der Waals surface area contributed by atoms with E-state index < -0.39 is 5.60 Å². The molecule has 16 heavy (non-hydrogen) atoms. The van der Waals surface area contributed by atoms with Crippen molar-refractivity contribution < 1.29 is 5.11 Å². The number of nitrogens with zero attached hydrogens (tertiary/aromatic N) is 3. The second kappa shape index (κ2) is 4.55. The summed E-state index contributed by atoms with van der Waals surface area (Å²) in [4.78, 5) is 6.42. The van der Waals surface area contributed by atoms with Crippen LogP contribution < -0.4 is 0 Å². The van der Waals surface area contributed by atoms with Crippen LogP contribution in [-0.4, -0.2) is 44.3 Å². The molecule has 4 nitrogen and oxygen atoms in total. The molecule has 0 amide bonds. The van der Waals surface area contributed by atoms with Gasteiger partial charge >= 0.3 is 0 Å². The molecule has 1 aliphatic rings. The van der Waals surface area contributed by atoms with Crippen molar-refractivity contribution in [3.8, 4) is 0 Å². The number of rotatable bonds is 4. The number of imidazole rings is 1. The molecule has 2 heterocycles. The summed E-state index contributed by atoms with van der Waals surface area (Å²) in [5, 5.41) is 10.1. The lowest BCUT2D eigenvalue weighted by atomic mass is 9.97. The number of hydrogen-bond donors (Lipinski definition) is 1. The Morgan fingerprint density at radius 3 is 2.88 bits per heavy atom. The maximum absolute atomic E-state index is 10.1. The molecule has 0 saturated carbocycles. The summed E-state index contributed by atoms with van der Waals surface area (Å²) in [6.45, 7) is 6.86. The van der Waals surface area contributed by atoms with Gasteiger partial charge in [0.15, 0.2) is 0 Å². The first-order chi connectivity index (χ1) is 7.57. The molecule has 90 valence electrons. The maximum Gasteiger partial charge on any atom is 0.0946 e. The smallest absolute Gasteiger partial charge is 0.0946 e. The van der Waals surface area contributed by atoms with E-state index in [1.165, 1.54) is 6.42 Å². The monoisotopic (exact) mass is 223 g/mol. The van der Waals surface area contributed by atoms with E-state index in [4.69, 9.17) is 0 Å². The van der Waals surface area contributed by atoms with Gasteiger partial charge in [0.05, 0.1) is 11.9 Å². The van der Waals surface area contributed by atoms with E-state index in [9.17, 15) is 5.11 Å². The molecule has 1 aliphatic heterocycles. The van der Waals surface area contributed by atoms with E-state index in [2.05, 4.69) is 14.5 Å². The van der Waals surface area contributed by atoms with Crippen molar-refractivity contribution in [2.24, 2.45) is 0 Å². The third-order valence-corrected chi connectivity index (χ3v) is 3.38. The Bertz CT molecular complexity index is 316. The molecule has 0 aliphatic carbocycles. The van der Waals surface area contributed by atoms with Crippen LogP contribution in [0.2, 0.25) is 0 Å². The molecule has 1 unspecified atom stereocenters. The van der Waals surface area contributed by atoms with Crippen molar-refractivity contribution in [3.63, 3.8) is 0 Å². The first-order valence-electron chi connectivity index (χ1n) is 5.99. The van der Waals surface area contributed by atoms with Crippen LogP contribution in [-0.2, 0) is 6.54 Å². The topological polar surface area (TPSA) is 41.3 Å². The van der Waals surface area contributed by atoms with E-state index in [-0.39, 0.29) is 0 Å². The molecular formula is C12H21N3O. The van der Waals surface area contributed by atoms with Gasteiger partial charge in [0, 0.05) is 31.5 Å². The molecule has 1 aromatic heterocycles. The standard InChI is InChI=1S/C12H21N3O/c1-12(2,16)11-4-3-6-15(11)9-8-14-7-5-13-10-14/h5,7,10-11,16H,3-4,6,8-9H2,1-2H3. The van der Waals surface area contributed by atoms with Crippen molar-refractivity contribution in [1.29, 1.82) is 0 Å². The van der Waals surface area contributed by atoms with Crippen LogP contribution in [0.15, 0.2) is 18.7 Å². The molecule has 1 aromatic rings. The Labute approximate surface area is 96.9 Å². The zero-order valence-corrected chi connectivity index (χ0v) is 10.1. The number of hydrogen-bond acceptors (Lipinski definition) is 3.